The van der Waals surface area contributed by atoms with Crippen LogP contribution in [0.2, 0.25) is 0 Å². The molecule has 0 aliphatic rings. The first-order valence-corrected chi connectivity index (χ1v) is 22.2. The van der Waals surface area contributed by atoms with Crippen molar-refractivity contribution in [3.8, 4) is 0 Å². The quantitative estimate of drug-likeness (QED) is 0.0713. The van der Waals surface area contributed by atoms with Crippen molar-refractivity contribution >= 4 is 47.2 Å². The molecule has 0 aliphatic heterocycles. The summed E-state index contributed by atoms with van der Waals surface area (Å²) in [5.41, 5.74) is 12.0. The van der Waals surface area contributed by atoms with Gasteiger partial charge in [0.2, 0.25) is 0 Å². The molecule has 0 heterocycles. The van der Waals surface area contributed by atoms with E-state index in [1.807, 2.05) is 135 Å². The van der Waals surface area contributed by atoms with Crippen LogP contribution in [0.25, 0.3) is 6.08 Å². The SMILES string of the molecule is C/C=C\C(C)=C/C.C=NC(=NC(=NCc1ccc(C)cc1)c1ccc(N(c2ccccc2)c2ccccc2)cc1)c1ccc(\C=C/C=C\C=C\Nc2ccccc2)cc1.Cc1ccccc1. The van der Waals surface area contributed by atoms with Gasteiger partial charge in [-0.2, -0.15) is 0 Å². The van der Waals surface area contributed by atoms with Gasteiger partial charge in [0.05, 0.1) is 6.54 Å². The summed E-state index contributed by atoms with van der Waals surface area (Å²) in [7, 11) is 0. The van der Waals surface area contributed by atoms with Crippen LogP contribution in [0, 0.1) is 13.8 Å². The van der Waals surface area contributed by atoms with Crippen LogP contribution in [0.3, 0.4) is 0 Å². The highest BCUT2D eigenvalue weighted by Gasteiger charge is 2.13. The minimum Gasteiger partial charge on any atom is -0.362 e. The molecule has 1 N–H and O–H groups in total. The molecular formula is C61H61N5. The Kier molecular flexibility index (Phi) is 20.6. The molecule has 0 radical (unpaired) electrons. The van der Waals surface area contributed by atoms with Gasteiger partial charge in [0, 0.05) is 40.1 Å². The van der Waals surface area contributed by atoms with Gasteiger partial charge in [0.1, 0.15) is 0 Å². The molecule has 7 aromatic rings. The largest absolute Gasteiger partial charge is 0.362 e. The predicted molar refractivity (Wildman–Crippen MR) is 288 cm³/mol. The van der Waals surface area contributed by atoms with Gasteiger partial charge >= 0.3 is 0 Å². The summed E-state index contributed by atoms with van der Waals surface area (Å²) < 4.78 is 0. The van der Waals surface area contributed by atoms with Crippen molar-refractivity contribution in [1.29, 1.82) is 0 Å². The second kappa shape index (κ2) is 27.8. The summed E-state index contributed by atoms with van der Waals surface area (Å²) in [5.74, 6) is 1.10. The number of hydrogen-bond donors (Lipinski definition) is 1. The first-order chi connectivity index (χ1) is 32.4. The molecule has 0 bridgehead atoms. The molecule has 0 spiro atoms. The Hall–Kier alpha value is -8.15. The van der Waals surface area contributed by atoms with E-state index in [0.717, 1.165) is 45.0 Å². The minimum atomic E-state index is 0.486. The topological polar surface area (TPSA) is 52.4 Å². The smallest absolute Gasteiger partial charge is 0.161 e. The summed E-state index contributed by atoms with van der Waals surface area (Å²) in [6.45, 7) is 14.7. The number of nitrogens with one attached hydrogen (secondary N) is 1. The van der Waals surface area contributed by atoms with Crippen LogP contribution in [0.4, 0.5) is 22.7 Å². The average Bonchev–Trinajstić information content (AvgIpc) is 3.36. The third-order valence-electron chi connectivity index (χ3n) is 10.0. The average molecular weight is 864 g/mol. The summed E-state index contributed by atoms with van der Waals surface area (Å²) in [6, 6.07) is 66.0. The van der Waals surface area contributed by atoms with Gasteiger partial charge in [-0.25, -0.2) is 9.98 Å². The molecule has 0 fully saturated rings. The standard InChI is InChI=1S/C47H41N5.C7H8.C7H12/c1-37-23-25-39(26-24-37)36-50-47(41-31-33-45(34-32-41)52(43-19-11-6-12-20-43)44-21-13-7-14-22-44)51-46(48-2)40-29-27-38(28-30-40)16-8-3-4-15-35-49-42-17-9-5-10-18-42;1-7-5-3-2-4-6-7;1-4-6-7(3)5-2/h3-35,49H,2,36H2,1H3;2-6H,1H3;4-6H,1-3H3/b4-3-,16-8-,35-15+,50-47?,51-46?;;6-4-,7-5-. The van der Waals surface area contributed by atoms with Crippen molar-refractivity contribution in [3.63, 3.8) is 0 Å². The van der Waals surface area contributed by atoms with Gasteiger partial charge < -0.3 is 10.2 Å². The number of anilines is 4. The summed E-state index contributed by atoms with van der Waals surface area (Å²) >= 11 is 0. The Morgan fingerprint density at radius 2 is 1.05 bits per heavy atom. The number of aliphatic imine (C=N–C) groups is 3. The second-order valence-electron chi connectivity index (χ2n) is 15.2. The van der Waals surface area contributed by atoms with Crippen LogP contribution >= 0.6 is 0 Å². The van der Waals surface area contributed by atoms with E-state index in [0.29, 0.717) is 18.2 Å². The van der Waals surface area contributed by atoms with E-state index in [-0.39, 0.29) is 0 Å². The highest BCUT2D eigenvalue weighted by molar-refractivity contribution is 6.12. The third-order valence-corrected chi connectivity index (χ3v) is 10.0. The second-order valence-corrected chi connectivity index (χ2v) is 15.2. The first-order valence-electron chi connectivity index (χ1n) is 22.2. The first kappa shape index (κ1) is 48.9. The zero-order chi connectivity index (χ0) is 46.6. The number of amidine groups is 2. The summed E-state index contributed by atoms with van der Waals surface area (Å²) in [5, 5.41) is 3.25. The van der Waals surface area contributed by atoms with Crippen molar-refractivity contribution in [2.24, 2.45) is 15.0 Å². The molecular weight excluding hydrogens is 803 g/mol. The maximum Gasteiger partial charge on any atom is 0.161 e. The van der Waals surface area contributed by atoms with Crippen LogP contribution in [0.1, 0.15) is 54.2 Å². The van der Waals surface area contributed by atoms with E-state index in [4.69, 9.17) is 9.98 Å². The minimum absolute atomic E-state index is 0.486. The number of rotatable bonds is 13. The number of allylic oxidation sites excluding steroid dienone is 8. The van der Waals surface area contributed by atoms with Crippen molar-refractivity contribution in [2.75, 3.05) is 10.2 Å². The third kappa shape index (κ3) is 16.9. The molecule has 0 aromatic heterocycles. The van der Waals surface area contributed by atoms with E-state index in [1.165, 1.54) is 16.7 Å². The lowest BCUT2D eigenvalue weighted by Crippen LogP contribution is -2.10. The Morgan fingerprint density at radius 1 is 0.545 bits per heavy atom. The van der Waals surface area contributed by atoms with E-state index in [9.17, 15) is 0 Å². The van der Waals surface area contributed by atoms with E-state index < -0.39 is 0 Å². The Labute approximate surface area is 393 Å². The molecule has 66 heavy (non-hydrogen) atoms. The Bertz CT molecular complexity index is 2650. The molecule has 0 unspecified atom stereocenters. The van der Waals surface area contributed by atoms with Gasteiger partial charge in [-0.15, -0.1) is 0 Å². The van der Waals surface area contributed by atoms with Crippen molar-refractivity contribution in [2.45, 2.75) is 41.2 Å². The van der Waals surface area contributed by atoms with Crippen LogP contribution in [-0.4, -0.2) is 18.4 Å². The van der Waals surface area contributed by atoms with Crippen LogP contribution < -0.4 is 10.2 Å². The summed E-state index contributed by atoms with van der Waals surface area (Å²) in [4.78, 5) is 16.6. The van der Waals surface area contributed by atoms with E-state index in [2.05, 4.69) is 170 Å². The fourth-order valence-electron chi connectivity index (χ4n) is 6.37. The van der Waals surface area contributed by atoms with Crippen molar-refractivity contribution < 1.29 is 0 Å². The number of para-hydroxylation sites is 3. The van der Waals surface area contributed by atoms with Gasteiger partial charge in [-0.3, -0.25) is 4.99 Å². The monoisotopic (exact) mass is 863 g/mol. The van der Waals surface area contributed by atoms with E-state index >= 15 is 0 Å². The number of benzene rings is 7. The molecule has 5 heteroatoms. The van der Waals surface area contributed by atoms with E-state index in [1.54, 1.807) is 0 Å². The number of aryl methyl sites for hydroxylation is 2. The van der Waals surface area contributed by atoms with Gasteiger partial charge in [0.15, 0.2) is 11.7 Å². The molecule has 7 aromatic carbocycles. The van der Waals surface area contributed by atoms with Gasteiger partial charge in [-0.05, 0) is 119 Å². The van der Waals surface area contributed by atoms with Crippen molar-refractivity contribution in [3.05, 3.63) is 282 Å². The highest BCUT2D eigenvalue weighted by Crippen LogP contribution is 2.34. The zero-order valence-corrected chi connectivity index (χ0v) is 38.9. The molecule has 0 amide bonds. The molecule has 7 rings (SSSR count). The Balaban J connectivity index is 0.000000501. The van der Waals surface area contributed by atoms with Crippen LogP contribution in [0.15, 0.2) is 263 Å². The molecule has 0 saturated carbocycles. The lowest BCUT2D eigenvalue weighted by molar-refractivity contribution is 1.06. The molecule has 330 valence electrons. The molecule has 5 nitrogen and oxygen atoms in total. The van der Waals surface area contributed by atoms with Crippen molar-refractivity contribution in [1.82, 2.24) is 0 Å². The Morgan fingerprint density at radius 3 is 1.56 bits per heavy atom. The molecule has 0 atom stereocenters. The van der Waals surface area contributed by atoms with Gasteiger partial charge in [-0.1, -0.05) is 193 Å². The maximum atomic E-state index is 5.00. The number of nitrogens with zero attached hydrogens (tertiary/aromatic N) is 4. The number of hydrogen-bond acceptors (Lipinski definition) is 3. The van der Waals surface area contributed by atoms with Crippen LogP contribution in [0.5, 0.6) is 0 Å². The molecule has 0 saturated heterocycles. The van der Waals surface area contributed by atoms with Crippen LogP contribution in [-0.2, 0) is 6.54 Å². The lowest BCUT2D eigenvalue weighted by atomic mass is 10.1. The normalized spacial score (nSPS) is 11.9. The fourth-order valence-corrected chi connectivity index (χ4v) is 6.37. The lowest BCUT2D eigenvalue weighted by Gasteiger charge is -2.25. The highest BCUT2D eigenvalue weighted by atomic mass is 15.1. The predicted octanol–water partition coefficient (Wildman–Crippen LogP) is 16.3. The summed E-state index contributed by atoms with van der Waals surface area (Å²) in [6.07, 6.45) is 18.1. The van der Waals surface area contributed by atoms with Gasteiger partial charge in [0.25, 0.3) is 0 Å². The fraction of sp³-hybridized carbons (Fsp3) is 0.0984. The maximum absolute atomic E-state index is 5.00. The zero-order valence-electron chi connectivity index (χ0n) is 38.9. The molecule has 0 aliphatic carbocycles.